The lowest BCUT2D eigenvalue weighted by Gasteiger charge is -2.36. The zero-order valence-corrected chi connectivity index (χ0v) is 16.4. The standard InChI is InChI=1S/C21H32O6/c1-2-4-17(22)5-3-6-18(23)9-10-19(15-7-11-20(24)26-13-15)16-8-12-21(25)27-14-16/h15-16,19H,2-14H2,1H3. The summed E-state index contributed by atoms with van der Waals surface area (Å²) in [5.74, 6) is 0.769. The third-order valence-electron chi connectivity index (χ3n) is 5.76. The Balaban J connectivity index is 1.82. The lowest BCUT2D eigenvalue weighted by Crippen LogP contribution is -2.36. The van der Waals surface area contributed by atoms with Gasteiger partial charge in [0.25, 0.3) is 0 Å². The summed E-state index contributed by atoms with van der Waals surface area (Å²) in [6.45, 7) is 2.77. The fraction of sp³-hybridized carbons (Fsp3) is 0.810. The molecule has 2 rings (SSSR count). The van der Waals surface area contributed by atoms with Crippen LogP contribution >= 0.6 is 0 Å². The van der Waals surface area contributed by atoms with Crippen LogP contribution in [0.15, 0.2) is 0 Å². The monoisotopic (exact) mass is 380 g/mol. The Morgan fingerprint density at radius 2 is 1.41 bits per heavy atom. The molecule has 0 aromatic carbocycles. The number of hydrogen-bond donors (Lipinski definition) is 0. The van der Waals surface area contributed by atoms with E-state index in [9.17, 15) is 19.2 Å². The number of hydrogen-bond acceptors (Lipinski definition) is 6. The van der Waals surface area contributed by atoms with Crippen molar-refractivity contribution in [3.05, 3.63) is 0 Å². The fourth-order valence-corrected chi connectivity index (χ4v) is 4.19. The molecular weight excluding hydrogens is 348 g/mol. The summed E-state index contributed by atoms with van der Waals surface area (Å²) in [6, 6.07) is 0. The van der Waals surface area contributed by atoms with Crippen LogP contribution in [0.25, 0.3) is 0 Å². The van der Waals surface area contributed by atoms with E-state index in [4.69, 9.17) is 9.47 Å². The second-order valence-corrected chi connectivity index (χ2v) is 7.85. The molecule has 0 amide bonds. The van der Waals surface area contributed by atoms with Gasteiger partial charge in [0.1, 0.15) is 11.6 Å². The van der Waals surface area contributed by atoms with Crippen LogP contribution in [0.2, 0.25) is 0 Å². The normalized spacial score (nSPS) is 24.0. The SMILES string of the molecule is CCCC(=O)CCCC(=O)CCC(C1CCC(=O)OC1)C1CCC(=O)OC1. The average Bonchev–Trinajstić information content (AvgIpc) is 2.65. The van der Waals surface area contributed by atoms with Crippen molar-refractivity contribution in [3.63, 3.8) is 0 Å². The molecule has 2 saturated heterocycles. The molecule has 0 aromatic rings. The van der Waals surface area contributed by atoms with Gasteiger partial charge in [0.05, 0.1) is 13.2 Å². The summed E-state index contributed by atoms with van der Waals surface area (Å²) in [5, 5.41) is 0. The van der Waals surface area contributed by atoms with Crippen molar-refractivity contribution in [1.29, 1.82) is 0 Å². The maximum absolute atomic E-state index is 12.3. The van der Waals surface area contributed by atoms with Crippen molar-refractivity contribution in [2.75, 3.05) is 13.2 Å². The van der Waals surface area contributed by atoms with Crippen molar-refractivity contribution in [3.8, 4) is 0 Å². The first-order valence-corrected chi connectivity index (χ1v) is 10.3. The summed E-state index contributed by atoms with van der Waals surface area (Å²) in [6.07, 6.45) is 6.59. The minimum atomic E-state index is -0.159. The molecule has 6 heteroatoms. The smallest absolute Gasteiger partial charge is 0.305 e. The zero-order chi connectivity index (χ0) is 19.6. The van der Waals surface area contributed by atoms with Crippen LogP contribution < -0.4 is 0 Å². The Morgan fingerprint density at radius 3 is 1.85 bits per heavy atom. The third-order valence-corrected chi connectivity index (χ3v) is 5.76. The molecule has 2 heterocycles. The predicted octanol–water partition coefficient (Wildman–Crippen LogP) is 3.40. The highest BCUT2D eigenvalue weighted by Gasteiger charge is 2.35. The molecule has 0 bridgehead atoms. The zero-order valence-electron chi connectivity index (χ0n) is 16.4. The molecule has 0 saturated carbocycles. The number of ether oxygens (including phenoxy) is 2. The lowest BCUT2D eigenvalue weighted by molar-refractivity contribution is -0.155. The van der Waals surface area contributed by atoms with Gasteiger partial charge in [0.15, 0.2) is 0 Å². The topological polar surface area (TPSA) is 86.7 Å². The minimum Gasteiger partial charge on any atom is -0.465 e. The number of carbonyl (C=O) groups is 4. The van der Waals surface area contributed by atoms with Gasteiger partial charge in [-0.3, -0.25) is 19.2 Å². The highest BCUT2D eigenvalue weighted by Crippen LogP contribution is 2.36. The van der Waals surface area contributed by atoms with Gasteiger partial charge in [-0.1, -0.05) is 6.92 Å². The van der Waals surface area contributed by atoms with Crippen molar-refractivity contribution < 1.29 is 28.7 Å². The number of rotatable bonds is 11. The van der Waals surface area contributed by atoms with Gasteiger partial charge in [-0.15, -0.1) is 0 Å². The van der Waals surface area contributed by atoms with E-state index in [2.05, 4.69) is 0 Å². The summed E-state index contributed by atoms with van der Waals surface area (Å²) in [5.41, 5.74) is 0. The van der Waals surface area contributed by atoms with Gasteiger partial charge < -0.3 is 9.47 Å². The summed E-state index contributed by atoms with van der Waals surface area (Å²) in [7, 11) is 0. The summed E-state index contributed by atoms with van der Waals surface area (Å²) >= 11 is 0. The van der Waals surface area contributed by atoms with E-state index >= 15 is 0 Å². The van der Waals surface area contributed by atoms with Gasteiger partial charge >= 0.3 is 11.9 Å². The van der Waals surface area contributed by atoms with Crippen molar-refractivity contribution in [2.24, 2.45) is 17.8 Å². The first-order chi connectivity index (χ1) is 13.0. The molecule has 0 aliphatic carbocycles. The molecule has 0 spiro atoms. The van der Waals surface area contributed by atoms with E-state index in [-0.39, 0.29) is 41.3 Å². The van der Waals surface area contributed by atoms with E-state index in [0.29, 0.717) is 58.2 Å². The molecule has 0 aromatic heterocycles. The van der Waals surface area contributed by atoms with Crippen LogP contribution in [0.4, 0.5) is 0 Å². The van der Waals surface area contributed by atoms with Gasteiger partial charge in [-0.2, -0.15) is 0 Å². The highest BCUT2D eigenvalue weighted by molar-refractivity contribution is 5.81. The van der Waals surface area contributed by atoms with Gasteiger partial charge in [0.2, 0.25) is 0 Å². The first-order valence-electron chi connectivity index (χ1n) is 10.3. The van der Waals surface area contributed by atoms with Crippen LogP contribution in [0, 0.1) is 17.8 Å². The van der Waals surface area contributed by atoms with Crippen LogP contribution in [0.3, 0.4) is 0 Å². The molecule has 2 fully saturated rings. The second-order valence-electron chi connectivity index (χ2n) is 7.85. The summed E-state index contributed by atoms with van der Waals surface area (Å²) in [4.78, 5) is 46.6. The van der Waals surface area contributed by atoms with Crippen LogP contribution in [0.5, 0.6) is 0 Å². The van der Waals surface area contributed by atoms with Crippen molar-refractivity contribution in [1.82, 2.24) is 0 Å². The Kier molecular flexibility index (Phi) is 8.95. The third kappa shape index (κ3) is 7.43. The van der Waals surface area contributed by atoms with Crippen LogP contribution in [0.1, 0.15) is 77.6 Å². The Bertz CT molecular complexity index is 493. The van der Waals surface area contributed by atoms with Gasteiger partial charge in [-0.05, 0) is 49.9 Å². The second kappa shape index (κ2) is 11.2. The van der Waals surface area contributed by atoms with Gasteiger partial charge in [0, 0.05) is 38.5 Å². The maximum atomic E-state index is 12.3. The fourth-order valence-electron chi connectivity index (χ4n) is 4.19. The van der Waals surface area contributed by atoms with Crippen LogP contribution in [-0.2, 0) is 28.7 Å². The van der Waals surface area contributed by atoms with Crippen molar-refractivity contribution in [2.45, 2.75) is 77.6 Å². The summed E-state index contributed by atoms with van der Waals surface area (Å²) < 4.78 is 10.5. The number of cyclic esters (lactones) is 2. The maximum Gasteiger partial charge on any atom is 0.305 e. The first kappa shape index (κ1) is 21.6. The van der Waals surface area contributed by atoms with Crippen LogP contribution in [-0.4, -0.2) is 36.7 Å². The molecule has 2 atom stereocenters. The molecule has 2 aliphatic rings. The minimum absolute atomic E-state index is 0.159. The molecular formula is C21H32O6. The van der Waals surface area contributed by atoms with E-state index in [1.165, 1.54) is 0 Å². The molecule has 2 unspecified atom stereocenters. The lowest BCUT2D eigenvalue weighted by atomic mass is 9.74. The predicted molar refractivity (Wildman–Crippen MR) is 98.9 cm³/mol. The molecule has 6 nitrogen and oxygen atoms in total. The molecule has 0 radical (unpaired) electrons. The number of Topliss-reactive ketones (excluding diaryl/α,β-unsaturated/α-hetero) is 2. The van der Waals surface area contributed by atoms with Gasteiger partial charge in [-0.25, -0.2) is 0 Å². The van der Waals surface area contributed by atoms with E-state index in [1.54, 1.807) is 0 Å². The molecule has 0 N–H and O–H groups in total. The number of carbonyl (C=O) groups excluding carboxylic acids is 4. The molecule has 27 heavy (non-hydrogen) atoms. The largest absolute Gasteiger partial charge is 0.465 e. The Morgan fingerprint density at radius 1 is 0.889 bits per heavy atom. The number of esters is 2. The molecule has 152 valence electrons. The Labute approximate surface area is 161 Å². The number of ketones is 2. The quantitative estimate of drug-likeness (QED) is 0.511. The van der Waals surface area contributed by atoms with E-state index in [1.807, 2.05) is 6.92 Å². The molecule has 2 aliphatic heterocycles. The van der Waals surface area contributed by atoms with E-state index < -0.39 is 0 Å². The van der Waals surface area contributed by atoms with Crippen molar-refractivity contribution >= 4 is 23.5 Å². The average molecular weight is 380 g/mol. The Hall–Kier alpha value is -1.72. The van der Waals surface area contributed by atoms with E-state index in [0.717, 1.165) is 25.7 Å². The highest BCUT2D eigenvalue weighted by atomic mass is 16.5.